The summed E-state index contributed by atoms with van der Waals surface area (Å²) >= 11 is 0. The molecule has 27 heavy (non-hydrogen) atoms. The van der Waals surface area contributed by atoms with Crippen molar-refractivity contribution in [2.45, 2.75) is 51.5 Å². The highest BCUT2D eigenvalue weighted by atomic mass is 19.4. The lowest BCUT2D eigenvalue weighted by Gasteiger charge is -2.47. The molecule has 1 aromatic heterocycles. The van der Waals surface area contributed by atoms with Gasteiger partial charge in [0.2, 0.25) is 5.95 Å². The maximum atomic E-state index is 13.8. The first-order chi connectivity index (χ1) is 12.5. The normalized spacial score (nSPS) is 26.1. The zero-order valence-corrected chi connectivity index (χ0v) is 15.5. The Morgan fingerprint density at radius 1 is 1.41 bits per heavy atom. The van der Waals surface area contributed by atoms with E-state index in [0.717, 1.165) is 11.8 Å². The monoisotopic (exact) mass is 388 g/mol. The Bertz CT molecular complexity index is 795. The zero-order valence-electron chi connectivity index (χ0n) is 15.5. The van der Waals surface area contributed by atoms with Crippen LogP contribution in [0.25, 0.3) is 0 Å². The van der Waals surface area contributed by atoms with E-state index in [1.807, 2.05) is 11.8 Å². The number of carbonyl (C=O) groups excluding carboxylic acids is 1. The van der Waals surface area contributed by atoms with Gasteiger partial charge in [0.1, 0.15) is 17.1 Å². The molecule has 0 bridgehead atoms. The Hall–Kier alpha value is -2.10. The van der Waals surface area contributed by atoms with Crippen molar-refractivity contribution in [3.8, 4) is 0 Å². The number of carbonyl (C=O) groups is 1. The van der Waals surface area contributed by atoms with Crippen molar-refractivity contribution in [1.82, 2.24) is 9.55 Å². The van der Waals surface area contributed by atoms with Crippen molar-refractivity contribution in [3.05, 3.63) is 16.4 Å². The summed E-state index contributed by atoms with van der Waals surface area (Å²) in [5, 5.41) is 0. The molecule has 0 unspecified atom stereocenters. The van der Waals surface area contributed by atoms with Crippen molar-refractivity contribution in [3.63, 3.8) is 0 Å². The highest BCUT2D eigenvalue weighted by Gasteiger charge is 2.57. The second kappa shape index (κ2) is 6.81. The number of morpholine rings is 1. The summed E-state index contributed by atoms with van der Waals surface area (Å²) in [5.41, 5.74) is -2.70. The number of ketones is 1. The molecule has 3 rings (SSSR count). The molecule has 1 saturated heterocycles. The Morgan fingerprint density at radius 3 is 2.70 bits per heavy atom. The second-order valence-electron chi connectivity index (χ2n) is 7.33. The van der Waals surface area contributed by atoms with Crippen molar-refractivity contribution in [2.75, 3.05) is 36.1 Å². The number of hydrogen-bond donors (Lipinski definition) is 0. The third-order valence-electron chi connectivity index (χ3n) is 5.29. The Kier molecular flexibility index (Phi) is 4.96. The number of ether oxygens (including phenoxy) is 1. The van der Waals surface area contributed by atoms with Gasteiger partial charge in [0, 0.05) is 19.2 Å². The van der Waals surface area contributed by atoms with Crippen LogP contribution in [0.1, 0.15) is 27.2 Å². The molecular formula is C17H23F3N4O3. The Balaban J connectivity index is 2.13. The van der Waals surface area contributed by atoms with E-state index in [0.29, 0.717) is 25.6 Å². The third-order valence-corrected chi connectivity index (χ3v) is 5.29. The molecule has 10 heteroatoms. The van der Waals surface area contributed by atoms with E-state index in [1.54, 1.807) is 0 Å². The second-order valence-corrected chi connectivity index (χ2v) is 7.33. The maximum absolute atomic E-state index is 13.8. The summed E-state index contributed by atoms with van der Waals surface area (Å²) in [4.78, 5) is 31.5. The van der Waals surface area contributed by atoms with Crippen molar-refractivity contribution >= 4 is 17.5 Å². The molecule has 150 valence electrons. The lowest BCUT2D eigenvalue weighted by Crippen LogP contribution is -2.62. The van der Waals surface area contributed by atoms with E-state index in [4.69, 9.17) is 4.74 Å². The van der Waals surface area contributed by atoms with Crippen LogP contribution in [-0.4, -0.2) is 59.4 Å². The minimum Gasteiger partial charge on any atom is -0.377 e. The van der Waals surface area contributed by atoms with Gasteiger partial charge < -0.3 is 14.5 Å². The van der Waals surface area contributed by atoms with Gasteiger partial charge in [-0.3, -0.25) is 14.2 Å². The van der Waals surface area contributed by atoms with Gasteiger partial charge in [-0.05, 0) is 27.2 Å². The van der Waals surface area contributed by atoms with Gasteiger partial charge in [-0.2, -0.15) is 18.2 Å². The van der Waals surface area contributed by atoms with E-state index < -0.39 is 29.6 Å². The summed E-state index contributed by atoms with van der Waals surface area (Å²) in [6.07, 6.45) is -4.90. The van der Waals surface area contributed by atoms with Crippen LogP contribution in [0.4, 0.5) is 24.9 Å². The molecule has 7 nitrogen and oxygen atoms in total. The van der Waals surface area contributed by atoms with Gasteiger partial charge in [0.15, 0.2) is 0 Å². The fraction of sp³-hybridized carbons (Fsp3) is 0.706. The van der Waals surface area contributed by atoms with Crippen LogP contribution in [0.15, 0.2) is 10.9 Å². The molecular weight excluding hydrogens is 365 g/mol. The summed E-state index contributed by atoms with van der Waals surface area (Å²) < 4.78 is 48.1. The van der Waals surface area contributed by atoms with Gasteiger partial charge >= 0.3 is 6.18 Å². The van der Waals surface area contributed by atoms with Crippen LogP contribution in [-0.2, 0) is 16.1 Å². The van der Waals surface area contributed by atoms with Crippen LogP contribution in [0.2, 0.25) is 0 Å². The number of Topliss-reactive ketones (excluding diaryl/α,β-unsaturated/α-hetero) is 1. The first-order valence-electron chi connectivity index (χ1n) is 8.84. The number of rotatable bonds is 3. The summed E-state index contributed by atoms with van der Waals surface area (Å²) in [5.74, 6) is -0.238. The average molecular weight is 388 g/mol. The molecule has 2 aliphatic rings. The van der Waals surface area contributed by atoms with Crippen molar-refractivity contribution in [1.29, 1.82) is 0 Å². The van der Waals surface area contributed by atoms with Gasteiger partial charge in [-0.15, -0.1) is 0 Å². The molecule has 0 saturated carbocycles. The quantitative estimate of drug-likeness (QED) is 0.784. The van der Waals surface area contributed by atoms with E-state index in [2.05, 4.69) is 4.98 Å². The molecule has 0 N–H and O–H groups in total. The number of hydrogen-bond acceptors (Lipinski definition) is 6. The summed E-state index contributed by atoms with van der Waals surface area (Å²) in [6, 6.07) is 1.28. The topological polar surface area (TPSA) is 67.7 Å². The number of alkyl halides is 3. The highest BCUT2D eigenvalue weighted by molar-refractivity contribution is 5.81. The predicted octanol–water partition coefficient (Wildman–Crippen LogP) is 1.59. The minimum absolute atomic E-state index is 0.0625. The SMILES string of the molecule is CC(=O)CN1c2nc(N3CCOC[C@H]3C)cc(=O)n2CC[C@@]1(C)C(F)(F)F. The van der Waals surface area contributed by atoms with Gasteiger partial charge in [-0.25, -0.2) is 0 Å². The number of halogens is 3. The number of anilines is 2. The Labute approximate surface area is 154 Å². The number of fused-ring (bicyclic) bond motifs is 1. The molecule has 0 aliphatic carbocycles. The highest BCUT2D eigenvalue weighted by Crippen LogP contribution is 2.43. The van der Waals surface area contributed by atoms with Crippen LogP contribution in [0.3, 0.4) is 0 Å². The van der Waals surface area contributed by atoms with Gasteiger partial charge in [0.05, 0.1) is 25.8 Å². The molecule has 0 aromatic carbocycles. The Morgan fingerprint density at radius 2 is 2.11 bits per heavy atom. The molecule has 2 atom stereocenters. The number of aromatic nitrogens is 2. The van der Waals surface area contributed by atoms with E-state index in [9.17, 15) is 22.8 Å². The van der Waals surface area contributed by atoms with E-state index >= 15 is 0 Å². The van der Waals surface area contributed by atoms with Crippen LogP contribution >= 0.6 is 0 Å². The number of nitrogens with zero attached hydrogens (tertiary/aromatic N) is 4. The van der Waals surface area contributed by atoms with Crippen LogP contribution in [0, 0.1) is 0 Å². The molecule has 3 heterocycles. The van der Waals surface area contributed by atoms with E-state index in [1.165, 1.54) is 17.6 Å². The largest absolute Gasteiger partial charge is 0.411 e. The van der Waals surface area contributed by atoms with Crippen molar-refractivity contribution < 1.29 is 22.7 Å². The summed E-state index contributed by atoms with van der Waals surface area (Å²) in [7, 11) is 0. The first kappa shape index (κ1) is 19.7. The average Bonchev–Trinajstić information content (AvgIpc) is 2.56. The molecule has 0 amide bonds. The lowest BCUT2D eigenvalue weighted by atomic mass is 9.92. The molecule has 1 fully saturated rings. The molecule has 0 radical (unpaired) electrons. The molecule has 2 aliphatic heterocycles. The predicted molar refractivity (Wildman–Crippen MR) is 93.2 cm³/mol. The summed E-state index contributed by atoms with van der Waals surface area (Å²) in [6.45, 7) is 4.97. The van der Waals surface area contributed by atoms with Gasteiger partial charge in [0.25, 0.3) is 5.56 Å². The molecule has 0 spiro atoms. The van der Waals surface area contributed by atoms with Gasteiger partial charge in [-0.1, -0.05) is 0 Å². The maximum Gasteiger partial charge on any atom is 0.411 e. The van der Waals surface area contributed by atoms with Crippen LogP contribution in [0.5, 0.6) is 0 Å². The zero-order chi connectivity index (χ0) is 20.0. The minimum atomic E-state index is -4.58. The van der Waals surface area contributed by atoms with Crippen LogP contribution < -0.4 is 15.4 Å². The smallest absolute Gasteiger partial charge is 0.377 e. The van der Waals surface area contributed by atoms with E-state index in [-0.39, 0.29) is 25.0 Å². The molecule has 1 aromatic rings. The standard InChI is InChI=1S/C17H23F3N4O3/c1-11-10-27-7-6-22(11)13-8-14(26)23-5-4-16(3,17(18,19)20)24(9-12(2)25)15(23)21-13/h8,11H,4-7,9-10H2,1-3H3/t11-,16+/m1/s1. The fourth-order valence-corrected chi connectivity index (χ4v) is 3.56. The first-order valence-corrected chi connectivity index (χ1v) is 8.84. The lowest BCUT2D eigenvalue weighted by molar-refractivity contribution is -0.187. The third kappa shape index (κ3) is 3.42. The fourth-order valence-electron chi connectivity index (χ4n) is 3.56. The van der Waals surface area contributed by atoms with Crippen molar-refractivity contribution in [2.24, 2.45) is 0 Å².